The Morgan fingerprint density at radius 3 is 2.84 bits per heavy atom. The van der Waals surface area contributed by atoms with Gasteiger partial charge < -0.3 is 20.7 Å². The predicted molar refractivity (Wildman–Crippen MR) is 76.4 cm³/mol. The molecular formula is C14H21N3O2. The Kier molecular flexibility index (Phi) is 4.63. The summed E-state index contributed by atoms with van der Waals surface area (Å²) in [4.78, 5) is 14.1. The number of benzene rings is 1. The van der Waals surface area contributed by atoms with E-state index < -0.39 is 0 Å². The first-order valence-corrected chi connectivity index (χ1v) is 6.65. The van der Waals surface area contributed by atoms with Crippen LogP contribution < -0.4 is 11.1 Å². The maximum Gasteiger partial charge on any atom is 0.340 e. The number of rotatable bonds is 5. The fraction of sp³-hybridized carbons (Fsp3) is 0.500. The highest BCUT2D eigenvalue weighted by molar-refractivity contribution is 5.98. The average molecular weight is 263 g/mol. The lowest BCUT2D eigenvalue weighted by molar-refractivity contribution is 0.0602. The number of carbonyl (C=O) groups excluding carboxylic acids is 1. The van der Waals surface area contributed by atoms with Crippen molar-refractivity contribution in [3.8, 4) is 0 Å². The SMILES string of the molecule is COC(=O)c1cccc(N)c1NCCN1CCCC1. The minimum absolute atomic E-state index is 0.365. The summed E-state index contributed by atoms with van der Waals surface area (Å²) in [6.07, 6.45) is 2.56. The number of anilines is 2. The molecule has 0 aliphatic carbocycles. The fourth-order valence-electron chi connectivity index (χ4n) is 2.39. The zero-order valence-corrected chi connectivity index (χ0v) is 11.3. The molecule has 0 aromatic heterocycles. The second-order valence-corrected chi connectivity index (χ2v) is 4.74. The molecule has 5 nitrogen and oxygen atoms in total. The molecule has 0 spiro atoms. The van der Waals surface area contributed by atoms with Crippen molar-refractivity contribution < 1.29 is 9.53 Å². The molecule has 0 radical (unpaired) electrons. The summed E-state index contributed by atoms with van der Waals surface area (Å²) in [6, 6.07) is 5.26. The zero-order chi connectivity index (χ0) is 13.7. The summed E-state index contributed by atoms with van der Waals surface area (Å²) < 4.78 is 4.77. The van der Waals surface area contributed by atoms with E-state index in [0.29, 0.717) is 16.9 Å². The zero-order valence-electron chi connectivity index (χ0n) is 11.3. The van der Waals surface area contributed by atoms with E-state index in [2.05, 4.69) is 10.2 Å². The molecular weight excluding hydrogens is 242 g/mol. The molecule has 2 rings (SSSR count). The van der Waals surface area contributed by atoms with Crippen LogP contribution in [0.5, 0.6) is 0 Å². The summed E-state index contributed by atoms with van der Waals surface area (Å²) in [7, 11) is 1.37. The number of hydrogen-bond donors (Lipinski definition) is 2. The number of esters is 1. The van der Waals surface area contributed by atoms with Crippen molar-refractivity contribution in [3.63, 3.8) is 0 Å². The maximum absolute atomic E-state index is 11.7. The number of nitrogens with two attached hydrogens (primary N) is 1. The minimum atomic E-state index is -0.365. The van der Waals surface area contributed by atoms with Gasteiger partial charge >= 0.3 is 5.97 Å². The van der Waals surface area contributed by atoms with Crippen LogP contribution in [-0.4, -0.2) is 44.2 Å². The van der Waals surface area contributed by atoms with E-state index >= 15 is 0 Å². The van der Waals surface area contributed by atoms with E-state index in [0.717, 1.165) is 26.2 Å². The van der Waals surface area contributed by atoms with Crippen LogP contribution in [-0.2, 0) is 4.74 Å². The molecule has 0 amide bonds. The molecule has 1 aromatic rings. The van der Waals surface area contributed by atoms with Crippen LogP contribution in [0.4, 0.5) is 11.4 Å². The van der Waals surface area contributed by atoms with E-state index in [1.807, 2.05) is 0 Å². The number of nitrogens with zero attached hydrogens (tertiary/aromatic N) is 1. The van der Waals surface area contributed by atoms with Gasteiger partial charge in [0.1, 0.15) is 0 Å². The number of likely N-dealkylation sites (tertiary alicyclic amines) is 1. The third-order valence-electron chi connectivity index (χ3n) is 3.43. The lowest BCUT2D eigenvalue weighted by Gasteiger charge is -2.17. The van der Waals surface area contributed by atoms with Gasteiger partial charge in [0.15, 0.2) is 0 Å². The van der Waals surface area contributed by atoms with Gasteiger partial charge in [-0.2, -0.15) is 0 Å². The quantitative estimate of drug-likeness (QED) is 0.623. The van der Waals surface area contributed by atoms with Crippen LogP contribution in [0.3, 0.4) is 0 Å². The molecule has 1 heterocycles. The van der Waals surface area contributed by atoms with Gasteiger partial charge in [0.25, 0.3) is 0 Å². The number of para-hydroxylation sites is 1. The highest BCUT2D eigenvalue weighted by Gasteiger charge is 2.15. The summed E-state index contributed by atoms with van der Waals surface area (Å²) in [5.41, 5.74) is 7.66. The summed E-state index contributed by atoms with van der Waals surface area (Å²) in [5.74, 6) is -0.365. The van der Waals surface area contributed by atoms with Crippen molar-refractivity contribution in [1.29, 1.82) is 0 Å². The summed E-state index contributed by atoms with van der Waals surface area (Å²) >= 11 is 0. The second kappa shape index (κ2) is 6.43. The van der Waals surface area contributed by atoms with E-state index in [-0.39, 0.29) is 5.97 Å². The lowest BCUT2D eigenvalue weighted by atomic mass is 10.1. The Hall–Kier alpha value is -1.75. The molecule has 1 aliphatic heterocycles. The Labute approximate surface area is 113 Å². The number of nitrogen functional groups attached to an aromatic ring is 1. The molecule has 1 aromatic carbocycles. The molecule has 1 saturated heterocycles. The van der Waals surface area contributed by atoms with Crippen LogP contribution in [0.2, 0.25) is 0 Å². The number of hydrogen-bond acceptors (Lipinski definition) is 5. The van der Waals surface area contributed by atoms with E-state index in [9.17, 15) is 4.79 Å². The van der Waals surface area contributed by atoms with E-state index in [4.69, 9.17) is 10.5 Å². The second-order valence-electron chi connectivity index (χ2n) is 4.74. The minimum Gasteiger partial charge on any atom is -0.465 e. The Morgan fingerprint density at radius 2 is 2.16 bits per heavy atom. The van der Waals surface area contributed by atoms with Crippen molar-refractivity contribution in [2.75, 3.05) is 44.3 Å². The first kappa shape index (κ1) is 13.7. The van der Waals surface area contributed by atoms with Crippen LogP contribution in [0, 0.1) is 0 Å². The first-order chi connectivity index (χ1) is 9.22. The number of methoxy groups -OCH3 is 1. The molecule has 0 bridgehead atoms. The van der Waals surface area contributed by atoms with Gasteiger partial charge in [-0.25, -0.2) is 4.79 Å². The fourth-order valence-corrected chi connectivity index (χ4v) is 2.39. The Morgan fingerprint density at radius 1 is 1.42 bits per heavy atom. The van der Waals surface area contributed by atoms with E-state index in [1.165, 1.54) is 20.0 Å². The molecule has 19 heavy (non-hydrogen) atoms. The molecule has 1 aliphatic rings. The molecule has 0 atom stereocenters. The van der Waals surface area contributed by atoms with Gasteiger partial charge in [-0.15, -0.1) is 0 Å². The number of carbonyl (C=O) groups is 1. The molecule has 5 heteroatoms. The van der Waals surface area contributed by atoms with Crippen molar-refractivity contribution in [2.45, 2.75) is 12.8 Å². The molecule has 0 saturated carbocycles. The van der Waals surface area contributed by atoms with Gasteiger partial charge in [-0.05, 0) is 38.1 Å². The van der Waals surface area contributed by atoms with E-state index in [1.54, 1.807) is 18.2 Å². The lowest BCUT2D eigenvalue weighted by Crippen LogP contribution is -2.26. The molecule has 104 valence electrons. The van der Waals surface area contributed by atoms with Crippen LogP contribution in [0.15, 0.2) is 18.2 Å². The van der Waals surface area contributed by atoms with Gasteiger partial charge in [0.05, 0.1) is 24.0 Å². The number of ether oxygens (including phenoxy) is 1. The van der Waals surface area contributed by atoms with Crippen LogP contribution in [0.1, 0.15) is 23.2 Å². The van der Waals surface area contributed by atoms with Gasteiger partial charge in [0.2, 0.25) is 0 Å². The predicted octanol–water partition coefficient (Wildman–Crippen LogP) is 1.56. The van der Waals surface area contributed by atoms with Crippen molar-refractivity contribution in [1.82, 2.24) is 4.90 Å². The standard InChI is InChI=1S/C14H21N3O2/c1-19-14(18)11-5-4-6-12(15)13(11)16-7-10-17-8-2-3-9-17/h4-6,16H,2-3,7-10,15H2,1H3. The monoisotopic (exact) mass is 263 g/mol. The van der Waals surface area contributed by atoms with Gasteiger partial charge in [-0.3, -0.25) is 0 Å². The third kappa shape index (κ3) is 3.38. The van der Waals surface area contributed by atoms with Crippen LogP contribution in [0.25, 0.3) is 0 Å². The Bertz CT molecular complexity index is 442. The highest BCUT2D eigenvalue weighted by atomic mass is 16.5. The summed E-state index contributed by atoms with van der Waals surface area (Å²) in [6.45, 7) is 4.07. The smallest absolute Gasteiger partial charge is 0.340 e. The highest BCUT2D eigenvalue weighted by Crippen LogP contribution is 2.24. The normalized spacial score (nSPS) is 15.4. The number of nitrogens with one attached hydrogen (secondary N) is 1. The molecule has 1 fully saturated rings. The average Bonchev–Trinajstić information content (AvgIpc) is 2.93. The van der Waals surface area contributed by atoms with Crippen molar-refractivity contribution >= 4 is 17.3 Å². The Balaban J connectivity index is 1.99. The third-order valence-corrected chi connectivity index (χ3v) is 3.43. The maximum atomic E-state index is 11.7. The molecule has 3 N–H and O–H groups in total. The van der Waals surface area contributed by atoms with Crippen LogP contribution >= 0.6 is 0 Å². The topological polar surface area (TPSA) is 67.6 Å². The van der Waals surface area contributed by atoms with Crippen molar-refractivity contribution in [2.24, 2.45) is 0 Å². The van der Waals surface area contributed by atoms with Gasteiger partial charge in [-0.1, -0.05) is 6.07 Å². The molecule has 0 unspecified atom stereocenters. The largest absolute Gasteiger partial charge is 0.465 e. The van der Waals surface area contributed by atoms with Crippen molar-refractivity contribution in [3.05, 3.63) is 23.8 Å². The first-order valence-electron chi connectivity index (χ1n) is 6.65. The van der Waals surface area contributed by atoms with Gasteiger partial charge in [0, 0.05) is 13.1 Å². The summed E-state index contributed by atoms with van der Waals surface area (Å²) in [5, 5.41) is 3.26.